The first kappa shape index (κ1) is 36.0. The fourth-order valence-corrected chi connectivity index (χ4v) is 0.354. The largest absolute Gasteiger partial charge is 0.425 e. The van der Waals surface area contributed by atoms with Crippen LogP contribution in [0, 0.1) is 0 Å². The molecule has 118 valence electrons. The maximum absolute atomic E-state index is 10.1. The first-order valence-corrected chi connectivity index (χ1v) is 7.40. The minimum absolute atomic E-state index is 0. The summed E-state index contributed by atoms with van der Waals surface area (Å²) >= 11 is 0. The molecule has 0 aromatic carbocycles. The Labute approximate surface area is 115 Å². The quantitative estimate of drug-likeness (QED) is 0.728. The summed E-state index contributed by atoms with van der Waals surface area (Å²) in [6.07, 6.45) is 1.25. The highest BCUT2D eigenvalue weighted by Gasteiger charge is 2.00. The Morgan fingerprint density at radius 2 is 1.11 bits per heavy atom. The number of hydrogen-bond acceptors (Lipinski definition) is 6. The van der Waals surface area contributed by atoms with Crippen molar-refractivity contribution in [1.82, 2.24) is 0 Å². The molecule has 0 atom stereocenters. The third-order valence-electron chi connectivity index (χ3n) is 0.607. The molecule has 0 spiro atoms. The molecule has 0 unspecified atom stereocenters. The molecule has 0 aromatic rings. The SMILES string of the molecule is C.C.CC.CCC.CCS(=O)(=O)OC.O=S(=O)=O. The zero-order valence-corrected chi connectivity index (χ0v) is 12.3. The van der Waals surface area contributed by atoms with Crippen LogP contribution in [0.2, 0.25) is 0 Å². The van der Waals surface area contributed by atoms with Gasteiger partial charge < -0.3 is 0 Å². The van der Waals surface area contributed by atoms with E-state index >= 15 is 0 Å². The van der Waals surface area contributed by atoms with E-state index in [0.717, 1.165) is 7.11 Å². The highest BCUT2D eigenvalue weighted by atomic mass is 32.2. The van der Waals surface area contributed by atoms with Crippen molar-refractivity contribution in [3.63, 3.8) is 0 Å². The summed E-state index contributed by atoms with van der Waals surface area (Å²) in [6, 6.07) is 0. The van der Waals surface area contributed by atoms with Crippen molar-refractivity contribution in [3.8, 4) is 0 Å². The van der Waals surface area contributed by atoms with Gasteiger partial charge in [-0.2, -0.15) is 8.42 Å². The minimum atomic E-state index is -3.16. The molecule has 0 saturated carbocycles. The molecule has 0 N–H and O–H groups in total. The van der Waals surface area contributed by atoms with Crippen molar-refractivity contribution >= 4 is 20.7 Å². The lowest BCUT2D eigenvalue weighted by Crippen LogP contribution is -2.03. The van der Waals surface area contributed by atoms with Crippen LogP contribution in [0.1, 0.15) is 55.9 Å². The summed E-state index contributed by atoms with van der Waals surface area (Å²) in [7, 11) is -5.12. The molecule has 18 heavy (non-hydrogen) atoms. The predicted molar refractivity (Wildman–Crippen MR) is 76.9 cm³/mol. The number of rotatable bonds is 2. The van der Waals surface area contributed by atoms with E-state index in [-0.39, 0.29) is 20.6 Å². The van der Waals surface area contributed by atoms with Crippen molar-refractivity contribution in [2.75, 3.05) is 12.9 Å². The summed E-state index contributed by atoms with van der Waals surface area (Å²) in [6.45, 7) is 9.78. The lowest BCUT2D eigenvalue weighted by molar-refractivity contribution is 0.399. The van der Waals surface area contributed by atoms with Crippen molar-refractivity contribution in [3.05, 3.63) is 0 Å². The second-order valence-corrected chi connectivity index (χ2v) is 4.36. The topological polar surface area (TPSA) is 94.6 Å². The van der Waals surface area contributed by atoms with E-state index in [9.17, 15) is 8.42 Å². The maximum Gasteiger partial charge on any atom is 0.425 e. The van der Waals surface area contributed by atoms with Crippen LogP contribution in [0.15, 0.2) is 0 Å². The highest BCUT2D eigenvalue weighted by Crippen LogP contribution is 1.85. The van der Waals surface area contributed by atoms with Crippen LogP contribution in [0.5, 0.6) is 0 Å². The van der Waals surface area contributed by atoms with Gasteiger partial charge in [0.2, 0.25) is 0 Å². The molecule has 0 aliphatic heterocycles. The van der Waals surface area contributed by atoms with Gasteiger partial charge >= 0.3 is 10.6 Å². The van der Waals surface area contributed by atoms with Crippen molar-refractivity contribution < 1.29 is 25.2 Å². The monoisotopic (exact) mass is 310 g/mol. The van der Waals surface area contributed by atoms with Crippen LogP contribution in [-0.4, -0.2) is 33.9 Å². The highest BCUT2D eigenvalue weighted by molar-refractivity contribution is 7.86. The van der Waals surface area contributed by atoms with Gasteiger partial charge in [-0.3, -0.25) is 4.18 Å². The van der Waals surface area contributed by atoms with Crippen LogP contribution in [0.3, 0.4) is 0 Å². The van der Waals surface area contributed by atoms with Gasteiger partial charge in [0.05, 0.1) is 12.9 Å². The summed E-state index contributed by atoms with van der Waals surface area (Å²) in [5.41, 5.74) is 0. The number of hydrogen-bond donors (Lipinski definition) is 0. The Morgan fingerprint density at radius 1 is 0.944 bits per heavy atom. The van der Waals surface area contributed by atoms with Crippen molar-refractivity contribution in [2.24, 2.45) is 0 Å². The second kappa shape index (κ2) is 30.0. The van der Waals surface area contributed by atoms with Crippen LogP contribution in [-0.2, 0) is 24.9 Å². The average molecular weight is 310 g/mol. The van der Waals surface area contributed by atoms with Gasteiger partial charge in [-0.1, -0.05) is 49.0 Å². The third kappa shape index (κ3) is 107. The standard InChI is InChI=1S/C3H8O3S.C3H8.C2H6.2CH4.O3S/c1-3-7(4,5)6-2;1-3-2;1-2;;;1-4(2)3/h3H2,1-2H3;3H2,1-2H3;1-2H3;2*1H4;. The van der Waals surface area contributed by atoms with Gasteiger partial charge in [-0.25, -0.2) is 0 Å². The summed E-state index contributed by atoms with van der Waals surface area (Å²) in [4.78, 5) is 0. The zero-order chi connectivity index (χ0) is 14.2. The average Bonchev–Trinajstić information content (AvgIpc) is 2.21. The van der Waals surface area contributed by atoms with Crippen molar-refractivity contribution in [1.29, 1.82) is 0 Å². The Bertz CT molecular complexity index is 273. The molecule has 0 aromatic heterocycles. The van der Waals surface area contributed by atoms with Crippen LogP contribution >= 0.6 is 0 Å². The summed E-state index contributed by atoms with van der Waals surface area (Å²) in [5.74, 6) is 0.0451. The first-order valence-electron chi connectivity index (χ1n) is 4.82. The molecule has 6 nitrogen and oxygen atoms in total. The van der Waals surface area contributed by atoms with Crippen LogP contribution in [0.25, 0.3) is 0 Å². The molecule has 0 aliphatic rings. The molecule has 0 bridgehead atoms. The molecule has 0 amide bonds. The Kier molecular flexibility index (Phi) is 60.0. The van der Waals surface area contributed by atoms with E-state index in [2.05, 4.69) is 18.0 Å². The maximum atomic E-state index is 10.1. The molecule has 0 aliphatic carbocycles. The lowest BCUT2D eigenvalue weighted by atomic mass is 10.6. The van der Waals surface area contributed by atoms with Gasteiger partial charge in [0.15, 0.2) is 0 Å². The molecular formula is C10H30O6S2. The molecule has 0 rings (SSSR count). The van der Waals surface area contributed by atoms with Gasteiger partial charge in [-0.15, -0.1) is 12.6 Å². The zero-order valence-electron chi connectivity index (χ0n) is 10.7. The molecule has 8 heteroatoms. The van der Waals surface area contributed by atoms with Crippen molar-refractivity contribution in [2.45, 2.75) is 55.9 Å². The Balaban J connectivity index is -0.0000000287. The lowest BCUT2D eigenvalue weighted by Gasteiger charge is -1.90. The summed E-state index contributed by atoms with van der Waals surface area (Å²) in [5, 5.41) is 0. The van der Waals surface area contributed by atoms with Crippen LogP contribution < -0.4 is 0 Å². The van der Waals surface area contributed by atoms with Gasteiger partial charge in [0.1, 0.15) is 0 Å². The molecular weight excluding hydrogens is 280 g/mol. The van der Waals surface area contributed by atoms with E-state index in [0.29, 0.717) is 0 Å². The molecule has 0 fully saturated rings. The fourth-order valence-electron chi connectivity index (χ4n) is 0.118. The van der Waals surface area contributed by atoms with E-state index < -0.39 is 20.7 Å². The van der Waals surface area contributed by atoms with E-state index in [1.54, 1.807) is 0 Å². The Morgan fingerprint density at radius 3 is 1.11 bits per heavy atom. The van der Waals surface area contributed by atoms with E-state index in [1.807, 2.05) is 13.8 Å². The van der Waals surface area contributed by atoms with Gasteiger partial charge in [-0.05, 0) is 6.92 Å². The van der Waals surface area contributed by atoms with Crippen LogP contribution in [0.4, 0.5) is 0 Å². The molecule has 0 saturated heterocycles. The third-order valence-corrected chi connectivity index (χ3v) is 1.82. The van der Waals surface area contributed by atoms with Gasteiger partial charge in [0.25, 0.3) is 10.1 Å². The van der Waals surface area contributed by atoms with E-state index in [1.165, 1.54) is 13.3 Å². The molecule has 0 heterocycles. The summed E-state index contributed by atoms with van der Waals surface area (Å²) < 4.78 is 49.7. The van der Waals surface area contributed by atoms with E-state index in [4.69, 9.17) is 12.6 Å². The normalized spacial score (nSPS) is 7.22. The first-order chi connectivity index (χ1) is 7.27. The smallest absolute Gasteiger partial charge is 0.273 e. The molecule has 0 radical (unpaired) electrons. The second-order valence-electron chi connectivity index (χ2n) is 1.92. The minimum Gasteiger partial charge on any atom is -0.273 e. The van der Waals surface area contributed by atoms with Gasteiger partial charge in [0, 0.05) is 0 Å². The Hall–Kier alpha value is -0.470. The predicted octanol–water partition coefficient (Wildman–Crippen LogP) is 2.69. The fraction of sp³-hybridized carbons (Fsp3) is 1.00.